The summed E-state index contributed by atoms with van der Waals surface area (Å²) >= 11 is 0. The van der Waals surface area contributed by atoms with Gasteiger partial charge in [-0.3, -0.25) is 9.36 Å². The average Bonchev–Trinajstić information content (AvgIpc) is 2.33. The lowest BCUT2D eigenvalue weighted by Crippen LogP contribution is -2.02. The summed E-state index contributed by atoms with van der Waals surface area (Å²) in [6, 6.07) is 1.38. The van der Waals surface area contributed by atoms with Crippen LogP contribution in [0.25, 0.3) is 0 Å². The molecule has 0 aliphatic heterocycles. The van der Waals surface area contributed by atoms with Crippen molar-refractivity contribution in [3.63, 3.8) is 0 Å². The van der Waals surface area contributed by atoms with Crippen molar-refractivity contribution >= 4 is 11.9 Å². The maximum atomic E-state index is 10.7. The first-order chi connectivity index (χ1) is 5.11. The number of carbonyl (C=O) groups excluding carboxylic acids is 1. The SMILES string of the molecule is CC(=O)n1ccc(C(=O)O)c1. The van der Waals surface area contributed by atoms with Gasteiger partial charge in [0.25, 0.3) is 0 Å². The van der Waals surface area contributed by atoms with E-state index in [2.05, 4.69) is 0 Å². The predicted octanol–water partition coefficient (Wildman–Crippen LogP) is 0.846. The molecular weight excluding hydrogens is 146 g/mol. The minimum absolute atomic E-state index is 0.125. The Morgan fingerprint density at radius 2 is 2.18 bits per heavy atom. The van der Waals surface area contributed by atoms with Crippen molar-refractivity contribution in [2.24, 2.45) is 0 Å². The molecule has 0 spiro atoms. The number of carboxylic acid groups (broad SMARTS) is 1. The highest BCUT2D eigenvalue weighted by molar-refractivity contribution is 5.89. The fourth-order valence-electron chi connectivity index (χ4n) is 0.719. The summed E-state index contributed by atoms with van der Waals surface area (Å²) in [7, 11) is 0. The standard InChI is InChI=1S/C7H7NO3/c1-5(9)8-3-2-6(4-8)7(10)11/h2-4H,1H3,(H,10,11). The third kappa shape index (κ3) is 1.46. The van der Waals surface area contributed by atoms with Gasteiger partial charge < -0.3 is 5.11 Å². The Labute approximate surface area is 63.1 Å². The third-order valence-corrected chi connectivity index (χ3v) is 1.30. The highest BCUT2D eigenvalue weighted by atomic mass is 16.4. The van der Waals surface area contributed by atoms with Crippen molar-refractivity contribution in [2.75, 3.05) is 0 Å². The van der Waals surface area contributed by atoms with E-state index in [0.29, 0.717) is 0 Å². The van der Waals surface area contributed by atoms with E-state index >= 15 is 0 Å². The van der Waals surface area contributed by atoms with Crippen molar-refractivity contribution in [1.82, 2.24) is 4.57 Å². The van der Waals surface area contributed by atoms with Gasteiger partial charge in [0.05, 0.1) is 5.56 Å². The smallest absolute Gasteiger partial charge is 0.337 e. The van der Waals surface area contributed by atoms with Gasteiger partial charge in [0.1, 0.15) is 0 Å². The molecule has 1 aromatic heterocycles. The molecule has 0 aliphatic carbocycles. The van der Waals surface area contributed by atoms with Gasteiger partial charge in [-0.25, -0.2) is 4.79 Å². The minimum Gasteiger partial charge on any atom is -0.478 e. The van der Waals surface area contributed by atoms with Gasteiger partial charge in [0, 0.05) is 19.3 Å². The molecule has 0 amide bonds. The van der Waals surface area contributed by atoms with Crippen LogP contribution in [0.1, 0.15) is 22.1 Å². The number of carboxylic acids is 1. The molecule has 0 aromatic carbocycles. The number of carbonyl (C=O) groups is 2. The van der Waals surface area contributed by atoms with Crippen LogP contribution >= 0.6 is 0 Å². The Bertz CT molecular complexity index is 272. The van der Waals surface area contributed by atoms with Crippen LogP contribution in [0, 0.1) is 0 Å². The monoisotopic (exact) mass is 153 g/mol. The van der Waals surface area contributed by atoms with E-state index in [-0.39, 0.29) is 11.5 Å². The second-order valence-electron chi connectivity index (χ2n) is 2.13. The van der Waals surface area contributed by atoms with Crippen molar-refractivity contribution in [1.29, 1.82) is 0 Å². The summed E-state index contributed by atoms with van der Waals surface area (Å²) in [5.74, 6) is -1.22. The molecule has 0 saturated carbocycles. The molecule has 1 rings (SSSR count). The van der Waals surface area contributed by atoms with Gasteiger partial charge in [0.15, 0.2) is 0 Å². The average molecular weight is 153 g/mol. The molecule has 0 bridgehead atoms. The van der Waals surface area contributed by atoms with E-state index in [4.69, 9.17) is 5.11 Å². The maximum Gasteiger partial charge on any atom is 0.337 e. The molecule has 0 saturated heterocycles. The maximum absolute atomic E-state index is 10.7. The van der Waals surface area contributed by atoms with Crippen LogP contribution in [-0.4, -0.2) is 21.6 Å². The summed E-state index contributed by atoms with van der Waals surface area (Å²) in [6.45, 7) is 1.37. The first-order valence-electron chi connectivity index (χ1n) is 3.03. The van der Waals surface area contributed by atoms with Gasteiger partial charge in [0.2, 0.25) is 5.91 Å². The first kappa shape index (κ1) is 7.53. The van der Waals surface area contributed by atoms with Crippen LogP contribution in [0.2, 0.25) is 0 Å². The number of aromatic nitrogens is 1. The lowest BCUT2D eigenvalue weighted by atomic mass is 10.4. The van der Waals surface area contributed by atoms with Crippen LogP contribution in [0.3, 0.4) is 0 Å². The Kier molecular flexibility index (Phi) is 1.76. The predicted molar refractivity (Wildman–Crippen MR) is 37.7 cm³/mol. The van der Waals surface area contributed by atoms with Crippen molar-refractivity contribution < 1.29 is 14.7 Å². The zero-order valence-electron chi connectivity index (χ0n) is 5.94. The summed E-state index contributed by atoms with van der Waals surface area (Å²) in [6.07, 6.45) is 2.70. The van der Waals surface area contributed by atoms with Crippen LogP contribution in [-0.2, 0) is 0 Å². The molecule has 4 heteroatoms. The second-order valence-corrected chi connectivity index (χ2v) is 2.13. The summed E-state index contributed by atoms with van der Waals surface area (Å²) < 4.78 is 1.23. The van der Waals surface area contributed by atoms with Crippen molar-refractivity contribution in [3.8, 4) is 0 Å². The molecule has 0 fully saturated rings. The molecule has 11 heavy (non-hydrogen) atoms. The van der Waals surface area contributed by atoms with Crippen molar-refractivity contribution in [3.05, 3.63) is 24.0 Å². The Hall–Kier alpha value is -1.58. The van der Waals surface area contributed by atoms with Crippen LogP contribution in [0.4, 0.5) is 0 Å². The van der Waals surface area contributed by atoms with Gasteiger partial charge in [-0.05, 0) is 6.07 Å². The molecule has 0 radical (unpaired) electrons. The normalized spacial score (nSPS) is 9.55. The molecule has 0 unspecified atom stereocenters. The number of nitrogens with zero attached hydrogens (tertiary/aromatic N) is 1. The quantitative estimate of drug-likeness (QED) is 0.650. The van der Waals surface area contributed by atoms with Gasteiger partial charge in [-0.1, -0.05) is 0 Å². The second kappa shape index (κ2) is 2.57. The van der Waals surface area contributed by atoms with E-state index in [9.17, 15) is 9.59 Å². The number of aromatic carboxylic acids is 1. The molecule has 1 aromatic rings. The first-order valence-corrected chi connectivity index (χ1v) is 3.03. The fraction of sp³-hybridized carbons (Fsp3) is 0.143. The largest absolute Gasteiger partial charge is 0.478 e. The van der Waals surface area contributed by atoms with E-state index in [1.807, 2.05) is 0 Å². The molecule has 4 nitrogen and oxygen atoms in total. The summed E-state index contributed by atoms with van der Waals surface area (Å²) in [4.78, 5) is 21.0. The zero-order valence-corrected chi connectivity index (χ0v) is 5.94. The fourth-order valence-corrected chi connectivity index (χ4v) is 0.719. The molecular formula is C7H7NO3. The van der Waals surface area contributed by atoms with E-state index in [1.165, 1.54) is 30.0 Å². The Balaban J connectivity index is 2.99. The summed E-state index contributed by atoms with van der Waals surface area (Å²) in [5, 5.41) is 8.46. The topological polar surface area (TPSA) is 59.3 Å². The molecule has 1 N–H and O–H groups in total. The van der Waals surface area contributed by atoms with Gasteiger partial charge in [-0.2, -0.15) is 0 Å². The lowest BCUT2D eigenvalue weighted by Gasteiger charge is -1.90. The number of hydrogen-bond acceptors (Lipinski definition) is 2. The van der Waals surface area contributed by atoms with Gasteiger partial charge >= 0.3 is 5.97 Å². The number of hydrogen-bond donors (Lipinski definition) is 1. The minimum atomic E-state index is -1.02. The van der Waals surface area contributed by atoms with Crippen LogP contribution in [0.5, 0.6) is 0 Å². The lowest BCUT2D eigenvalue weighted by molar-refractivity contribution is 0.0697. The van der Waals surface area contributed by atoms with Crippen molar-refractivity contribution in [2.45, 2.75) is 6.92 Å². The van der Waals surface area contributed by atoms with E-state index in [1.54, 1.807) is 0 Å². The van der Waals surface area contributed by atoms with E-state index < -0.39 is 5.97 Å². The molecule has 58 valence electrons. The molecule has 0 atom stereocenters. The number of rotatable bonds is 1. The highest BCUT2D eigenvalue weighted by Gasteiger charge is 2.05. The molecule has 0 aliphatic rings. The zero-order chi connectivity index (χ0) is 8.43. The van der Waals surface area contributed by atoms with Gasteiger partial charge in [-0.15, -0.1) is 0 Å². The van der Waals surface area contributed by atoms with Crippen LogP contribution in [0.15, 0.2) is 18.5 Å². The summed E-state index contributed by atoms with van der Waals surface area (Å²) in [5.41, 5.74) is 0.125. The Morgan fingerprint density at radius 3 is 2.45 bits per heavy atom. The third-order valence-electron chi connectivity index (χ3n) is 1.30. The van der Waals surface area contributed by atoms with E-state index in [0.717, 1.165) is 0 Å². The highest BCUT2D eigenvalue weighted by Crippen LogP contribution is 2.00. The van der Waals surface area contributed by atoms with Crippen LogP contribution < -0.4 is 0 Å². The Morgan fingerprint density at radius 1 is 1.55 bits per heavy atom. The molecule has 1 heterocycles.